The summed E-state index contributed by atoms with van der Waals surface area (Å²) in [6.45, 7) is 1.94. The molecule has 2 aliphatic heterocycles. The number of nitrogens with zero attached hydrogens (tertiary/aromatic N) is 3. The number of carbonyl (C=O) groups excluding carboxylic acids is 1. The van der Waals surface area contributed by atoms with Crippen LogP contribution in [-0.2, 0) is 11.6 Å². The number of anilines is 1. The van der Waals surface area contributed by atoms with Gasteiger partial charge in [0.15, 0.2) is 0 Å². The maximum absolute atomic E-state index is 13.6. The van der Waals surface area contributed by atoms with Gasteiger partial charge < -0.3 is 4.90 Å². The Morgan fingerprint density at radius 2 is 1.74 bits per heavy atom. The number of carbonyl (C=O) groups is 1. The van der Waals surface area contributed by atoms with Gasteiger partial charge in [-0.25, -0.2) is 13.8 Å². The fourth-order valence-electron chi connectivity index (χ4n) is 5.32. The number of fused-ring (bicyclic) bond motifs is 2. The quantitative estimate of drug-likeness (QED) is 0.268. The van der Waals surface area contributed by atoms with Crippen molar-refractivity contribution in [2.75, 3.05) is 31.1 Å². The molecular formula is C28H23ClF5N3O. The molecule has 10 heteroatoms. The van der Waals surface area contributed by atoms with Gasteiger partial charge in [0.05, 0.1) is 5.56 Å². The molecule has 0 N–H and O–H groups in total. The molecule has 0 unspecified atom stereocenters. The predicted octanol–water partition coefficient (Wildman–Crippen LogP) is 6.74. The van der Waals surface area contributed by atoms with Gasteiger partial charge in [-0.3, -0.25) is 9.69 Å². The Balaban J connectivity index is 1.37. The minimum absolute atomic E-state index is 0.153. The van der Waals surface area contributed by atoms with E-state index in [1.54, 1.807) is 12.2 Å². The van der Waals surface area contributed by atoms with Crippen molar-refractivity contribution < 1.29 is 26.7 Å². The van der Waals surface area contributed by atoms with E-state index in [2.05, 4.69) is 9.88 Å². The van der Waals surface area contributed by atoms with Crippen LogP contribution in [0.3, 0.4) is 0 Å². The third-order valence-corrected chi connectivity index (χ3v) is 7.44. The van der Waals surface area contributed by atoms with Gasteiger partial charge in [-0.15, -0.1) is 0 Å². The first-order valence-corrected chi connectivity index (χ1v) is 12.4. The van der Waals surface area contributed by atoms with E-state index in [-0.39, 0.29) is 17.6 Å². The van der Waals surface area contributed by atoms with Crippen molar-refractivity contribution in [1.82, 2.24) is 9.88 Å². The number of halogens is 6. The van der Waals surface area contributed by atoms with E-state index in [1.165, 1.54) is 47.5 Å². The number of benzene rings is 2. The molecule has 2 aliphatic rings. The molecule has 0 bridgehead atoms. The molecular weight excluding hydrogens is 525 g/mol. The van der Waals surface area contributed by atoms with Crippen molar-refractivity contribution in [3.8, 4) is 0 Å². The second kappa shape index (κ2) is 10.1. The maximum Gasteiger partial charge on any atom is 0.416 e. The zero-order chi connectivity index (χ0) is 27.1. The highest BCUT2D eigenvalue weighted by molar-refractivity contribution is 6.29. The Bertz CT molecular complexity index is 1380. The third-order valence-electron chi connectivity index (χ3n) is 7.24. The largest absolute Gasteiger partial charge is 0.416 e. The molecule has 1 aromatic heterocycles. The molecule has 0 atom stereocenters. The van der Waals surface area contributed by atoms with Crippen LogP contribution >= 0.6 is 11.6 Å². The van der Waals surface area contributed by atoms with Crippen LogP contribution in [0.2, 0.25) is 5.15 Å². The number of alkyl halides is 3. The molecule has 2 aromatic carbocycles. The fraction of sp³-hybridized carbons (Fsp3) is 0.286. The van der Waals surface area contributed by atoms with E-state index in [0.717, 1.165) is 12.1 Å². The molecule has 0 saturated carbocycles. The number of hydrogen-bond donors (Lipinski definition) is 0. The average Bonchev–Trinajstić information content (AvgIpc) is 3.17. The summed E-state index contributed by atoms with van der Waals surface area (Å²) in [6.07, 6.45) is 1.44. The van der Waals surface area contributed by atoms with Gasteiger partial charge in [-0.05, 0) is 79.5 Å². The van der Waals surface area contributed by atoms with Gasteiger partial charge in [-0.1, -0.05) is 23.8 Å². The van der Waals surface area contributed by atoms with Gasteiger partial charge in [-0.2, -0.15) is 13.2 Å². The SMILES string of the molecule is O=C(c1ccnc(Cl)c1)N1CC2(CCN(CC=Cc3cc(F)cc(F)c3)CC2)c2cc(C(F)(F)F)ccc21. The van der Waals surface area contributed by atoms with E-state index in [4.69, 9.17) is 11.6 Å². The molecule has 1 amide bonds. The van der Waals surface area contributed by atoms with E-state index >= 15 is 0 Å². The molecule has 0 aliphatic carbocycles. The molecule has 38 heavy (non-hydrogen) atoms. The van der Waals surface area contributed by atoms with Crippen LogP contribution in [-0.4, -0.2) is 42.0 Å². The lowest BCUT2D eigenvalue weighted by atomic mass is 9.74. The summed E-state index contributed by atoms with van der Waals surface area (Å²) in [5.74, 6) is -1.66. The average molecular weight is 548 g/mol. The zero-order valence-electron chi connectivity index (χ0n) is 20.1. The van der Waals surface area contributed by atoms with Crippen LogP contribution in [0.25, 0.3) is 6.08 Å². The van der Waals surface area contributed by atoms with Crippen LogP contribution < -0.4 is 4.90 Å². The zero-order valence-corrected chi connectivity index (χ0v) is 20.9. The van der Waals surface area contributed by atoms with Crippen molar-refractivity contribution in [1.29, 1.82) is 0 Å². The Kier molecular flexibility index (Phi) is 7.00. The molecule has 3 heterocycles. The van der Waals surface area contributed by atoms with Crippen molar-refractivity contribution in [2.45, 2.75) is 24.4 Å². The molecule has 198 valence electrons. The number of hydrogen-bond acceptors (Lipinski definition) is 3. The number of amides is 1. The summed E-state index contributed by atoms with van der Waals surface area (Å²) in [6, 6.07) is 9.81. The highest BCUT2D eigenvalue weighted by Crippen LogP contribution is 2.49. The minimum atomic E-state index is -4.51. The second-order valence-electron chi connectivity index (χ2n) is 9.67. The predicted molar refractivity (Wildman–Crippen MR) is 135 cm³/mol. The molecule has 5 rings (SSSR count). The van der Waals surface area contributed by atoms with Gasteiger partial charge in [0.25, 0.3) is 5.91 Å². The molecule has 3 aromatic rings. The van der Waals surface area contributed by atoms with Crippen LogP contribution in [0.4, 0.5) is 27.6 Å². The van der Waals surface area contributed by atoms with E-state index in [1.807, 2.05) is 0 Å². The monoisotopic (exact) mass is 547 g/mol. The summed E-state index contributed by atoms with van der Waals surface area (Å²) in [7, 11) is 0. The number of rotatable bonds is 4. The van der Waals surface area contributed by atoms with Crippen molar-refractivity contribution in [3.05, 3.63) is 99.8 Å². The molecule has 0 radical (unpaired) electrons. The first kappa shape index (κ1) is 26.3. The van der Waals surface area contributed by atoms with E-state index < -0.39 is 28.8 Å². The molecule has 1 fully saturated rings. The van der Waals surface area contributed by atoms with Gasteiger partial charge in [0.2, 0.25) is 0 Å². The van der Waals surface area contributed by atoms with Crippen LogP contribution in [0.15, 0.2) is 60.8 Å². The van der Waals surface area contributed by atoms with Crippen molar-refractivity contribution in [2.24, 2.45) is 0 Å². The molecule has 1 spiro atoms. The highest BCUT2D eigenvalue weighted by Gasteiger charge is 2.47. The van der Waals surface area contributed by atoms with Gasteiger partial charge in [0, 0.05) is 42.0 Å². The van der Waals surface area contributed by atoms with Crippen LogP contribution in [0.1, 0.15) is 39.9 Å². The normalized spacial score (nSPS) is 17.4. The van der Waals surface area contributed by atoms with Crippen LogP contribution in [0, 0.1) is 11.6 Å². The third kappa shape index (κ3) is 5.31. The summed E-state index contributed by atoms with van der Waals surface area (Å²) >= 11 is 5.97. The summed E-state index contributed by atoms with van der Waals surface area (Å²) in [5.41, 5.74) is 0.331. The Morgan fingerprint density at radius 1 is 1.03 bits per heavy atom. The molecule has 1 saturated heterocycles. The van der Waals surface area contributed by atoms with Crippen LogP contribution in [0.5, 0.6) is 0 Å². The first-order chi connectivity index (χ1) is 18.0. The molecule has 4 nitrogen and oxygen atoms in total. The number of pyridine rings is 1. The number of likely N-dealkylation sites (tertiary alicyclic amines) is 1. The van der Waals surface area contributed by atoms with E-state index in [0.29, 0.717) is 54.9 Å². The lowest BCUT2D eigenvalue weighted by Crippen LogP contribution is -2.46. The highest BCUT2D eigenvalue weighted by atomic mass is 35.5. The van der Waals surface area contributed by atoms with Gasteiger partial charge in [0.1, 0.15) is 16.8 Å². The van der Waals surface area contributed by atoms with Crippen molar-refractivity contribution >= 4 is 29.3 Å². The van der Waals surface area contributed by atoms with E-state index in [9.17, 15) is 26.7 Å². The lowest BCUT2D eigenvalue weighted by molar-refractivity contribution is -0.137. The van der Waals surface area contributed by atoms with Gasteiger partial charge >= 0.3 is 6.18 Å². The second-order valence-corrected chi connectivity index (χ2v) is 10.1. The lowest BCUT2D eigenvalue weighted by Gasteiger charge is -2.39. The summed E-state index contributed by atoms with van der Waals surface area (Å²) in [4.78, 5) is 21.0. The van der Waals surface area contributed by atoms with Crippen molar-refractivity contribution in [3.63, 3.8) is 0 Å². The Hall–Kier alpha value is -3.30. The summed E-state index contributed by atoms with van der Waals surface area (Å²) < 4.78 is 67.7. The standard InChI is InChI=1S/C28H23ClF5N3O/c29-25-14-19(5-8-35-25)26(38)37-17-27(23-15-20(28(32,33)34)3-4-24(23)37)6-10-36(11-7-27)9-1-2-18-12-21(30)16-22(31)13-18/h1-5,8,12-16H,6-7,9-11,17H2. The minimum Gasteiger partial charge on any atom is -0.307 e. The Labute approximate surface area is 221 Å². The first-order valence-electron chi connectivity index (χ1n) is 12.0. The topological polar surface area (TPSA) is 36.4 Å². The smallest absolute Gasteiger partial charge is 0.307 e. The number of aromatic nitrogens is 1. The maximum atomic E-state index is 13.6. The summed E-state index contributed by atoms with van der Waals surface area (Å²) in [5, 5.41) is 0.153. The Morgan fingerprint density at radius 3 is 2.39 bits per heavy atom. The fourth-order valence-corrected chi connectivity index (χ4v) is 5.49. The number of piperidine rings is 1.